The van der Waals surface area contributed by atoms with Gasteiger partial charge in [0.25, 0.3) is 5.69 Å². The number of carbonyl (C=O) groups is 3. The monoisotopic (exact) mass is 542 g/mol. The highest BCUT2D eigenvalue weighted by atomic mass is 32.2. The summed E-state index contributed by atoms with van der Waals surface area (Å²) in [5.74, 6) is -0.554. The third kappa shape index (κ3) is 6.84. The molecule has 0 atom stereocenters. The van der Waals surface area contributed by atoms with Gasteiger partial charge in [-0.2, -0.15) is 0 Å². The highest BCUT2D eigenvalue weighted by Gasteiger charge is 2.14. The summed E-state index contributed by atoms with van der Waals surface area (Å²) in [6, 6.07) is 11.1. The Morgan fingerprint density at radius 1 is 1.00 bits per heavy atom. The largest absolute Gasteiger partial charge is 0.326 e. The summed E-state index contributed by atoms with van der Waals surface area (Å²) >= 11 is 3.75. The average Bonchev–Trinajstić information content (AvgIpc) is 3.44. The van der Waals surface area contributed by atoms with Gasteiger partial charge in [0.15, 0.2) is 9.47 Å². The molecule has 2 heterocycles. The quantitative estimate of drug-likeness (QED) is 0.158. The molecule has 0 spiro atoms. The average molecular weight is 543 g/mol. The SMILES string of the molecule is CC(=O)Nc1ccc(NC(=O)CSc2nc(CC(=O)Nc3nc4ccc([N+](=O)[O-])cc4s3)cs2)cc1. The van der Waals surface area contributed by atoms with Crippen molar-refractivity contribution < 1.29 is 19.3 Å². The van der Waals surface area contributed by atoms with E-state index in [-0.39, 0.29) is 35.6 Å². The van der Waals surface area contributed by atoms with Crippen LogP contribution in [0.25, 0.3) is 10.2 Å². The predicted molar refractivity (Wildman–Crippen MR) is 141 cm³/mol. The van der Waals surface area contributed by atoms with Crippen molar-refractivity contribution in [3.8, 4) is 0 Å². The maximum absolute atomic E-state index is 12.4. The van der Waals surface area contributed by atoms with Crippen molar-refractivity contribution in [3.05, 3.63) is 63.7 Å². The molecule has 3 amide bonds. The topological polar surface area (TPSA) is 156 Å². The molecule has 0 aliphatic rings. The summed E-state index contributed by atoms with van der Waals surface area (Å²) in [5, 5.41) is 21.2. The molecule has 2 aromatic heterocycles. The van der Waals surface area contributed by atoms with Gasteiger partial charge < -0.3 is 16.0 Å². The van der Waals surface area contributed by atoms with Crippen molar-refractivity contribution in [1.82, 2.24) is 9.97 Å². The molecular formula is C22H18N6O5S3. The first-order valence-corrected chi connectivity index (χ1v) is 13.0. The third-order valence-electron chi connectivity index (χ3n) is 4.52. The van der Waals surface area contributed by atoms with E-state index in [0.29, 0.717) is 36.8 Å². The lowest BCUT2D eigenvalue weighted by Crippen LogP contribution is -2.14. The summed E-state index contributed by atoms with van der Waals surface area (Å²) in [6.07, 6.45) is 0.0278. The molecule has 11 nitrogen and oxygen atoms in total. The molecule has 0 aliphatic heterocycles. The van der Waals surface area contributed by atoms with Crippen LogP contribution in [0.1, 0.15) is 12.6 Å². The number of nitro groups is 1. The van der Waals surface area contributed by atoms with Gasteiger partial charge in [-0.05, 0) is 30.3 Å². The van der Waals surface area contributed by atoms with E-state index in [2.05, 4.69) is 25.9 Å². The van der Waals surface area contributed by atoms with Crippen LogP contribution in [0, 0.1) is 10.1 Å². The minimum atomic E-state index is -0.481. The van der Waals surface area contributed by atoms with Crippen molar-refractivity contribution in [2.45, 2.75) is 17.7 Å². The molecular weight excluding hydrogens is 524 g/mol. The van der Waals surface area contributed by atoms with Crippen LogP contribution in [-0.4, -0.2) is 38.4 Å². The molecule has 14 heteroatoms. The Hall–Kier alpha value is -3.88. The van der Waals surface area contributed by atoms with Crippen LogP contribution >= 0.6 is 34.4 Å². The van der Waals surface area contributed by atoms with Crippen LogP contribution in [0.3, 0.4) is 0 Å². The lowest BCUT2D eigenvalue weighted by molar-refractivity contribution is -0.384. The molecule has 0 saturated heterocycles. The van der Waals surface area contributed by atoms with Gasteiger partial charge in [-0.1, -0.05) is 23.1 Å². The van der Waals surface area contributed by atoms with Gasteiger partial charge in [0, 0.05) is 35.8 Å². The Morgan fingerprint density at radius 2 is 1.72 bits per heavy atom. The number of carbonyl (C=O) groups excluding carboxylic acids is 3. The van der Waals surface area contributed by atoms with Gasteiger partial charge >= 0.3 is 0 Å². The number of nitrogens with zero attached hydrogens (tertiary/aromatic N) is 3. The number of fused-ring (bicyclic) bond motifs is 1. The summed E-state index contributed by atoms with van der Waals surface area (Å²) in [4.78, 5) is 54.8. The van der Waals surface area contributed by atoms with E-state index in [9.17, 15) is 24.5 Å². The summed E-state index contributed by atoms with van der Waals surface area (Å²) in [6.45, 7) is 1.42. The van der Waals surface area contributed by atoms with E-state index < -0.39 is 4.92 Å². The van der Waals surface area contributed by atoms with Gasteiger partial charge in [-0.25, -0.2) is 9.97 Å². The number of benzene rings is 2. The summed E-state index contributed by atoms with van der Waals surface area (Å²) in [7, 11) is 0. The van der Waals surface area contributed by atoms with Gasteiger partial charge in [-0.3, -0.25) is 24.5 Å². The first-order chi connectivity index (χ1) is 17.2. The normalized spacial score (nSPS) is 10.7. The fourth-order valence-electron chi connectivity index (χ4n) is 3.01. The van der Waals surface area contributed by atoms with E-state index in [1.54, 1.807) is 35.7 Å². The van der Waals surface area contributed by atoms with Gasteiger partial charge in [0.05, 0.1) is 33.0 Å². The third-order valence-corrected chi connectivity index (χ3v) is 7.52. The van der Waals surface area contributed by atoms with E-state index in [1.807, 2.05) is 0 Å². The molecule has 4 rings (SSSR count). The molecule has 0 saturated carbocycles. The van der Waals surface area contributed by atoms with Crippen LogP contribution in [0.2, 0.25) is 0 Å². The van der Waals surface area contributed by atoms with Crippen molar-refractivity contribution in [2.75, 3.05) is 21.7 Å². The zero-order chi connectivity index (χ0) is 25.7. The van der Waals surface area contributed by atoms with Crippen LogP contribution in [0.15, 0.2) is 52.2 Å². The first kappa shape index (κ1) is 25.2. The van der Waals surface area contributed by atoms with E-state index in [0.717, 1.165) is 11.3 Å². The van der Waals surface area contributed by atoms with E-state index >= 15 is 0 Å². The Kier molecular flexibility index (Phi) is 7.87. The lowest BCUT2D eigenvalue weighted by atomic mass is 10.3. The second-order valence-electron chi connectivity index (χ2n) is 7.35. The van der Waals surface area contributed by atoms with Crippen LogP contribution < -0.4 is 16.0 Å². The molecule has 0 aliphatic carbocycles. The van der Waals surface area contributed by atoms with Crippen molar-refractivity contribution in [2.24, 2.45) is 0 Å². The van der Waals surface area contributed by atoms with E-state index in [4.69, 9.17) is 0 Å². The smallest absolute Gasteiger partial charge is 0.270 e. The number of hydrogen-bond acceptors (Lipinski definition) is 10. The molecule has 3 N–H and O–H groups in total. The zero-order valence-corrected chi connectivity index (χ0v) is 21.1. The number of aromatic nitrogens is 2. The minimum absolute atomic E-state index is 0.0278. The molecule has 0 radical (unpaired) electrons. The second kappa shape index (κ2) is 11.2. The molecule has 0 unspecified atom stereocenters. The summed E-state index contributed by atoms with van der Waals surface area (Å²) < 4.78 is 1.26. The molecule has 4 aromatic rings. The number of rotatable bonds is 9. The standard InChI is InChI=1S/C22H18N6O5S3/c1-12(29)23-13-2-4-14(5-3-13)24-20(31)11-35-22-25-15(10-34-22)8-19(30)27-21-26-17-7-6-16(28(32)33)9-18(17)36-21/h2-7,9-10H,8,11H2,1H3,(H,23,29)(H,24,31)(H,26,27,30). The number of non-ortho nitro benzene ring substituents is 1. The van der Waals surface area contributed by atoms with Crippen LogP contribution in [-0.2, 0) is 20.8 Å². The molecule has 184 valence electrons. The number of hydrogen-bond donors (Lipinski definition) is 3. The Morgan fingerprint density at radius 3 is 2.42 bits per heavy atom. The maximum atomic E-state index is 12.4. The molecule has 2 aromatic carbocycles. The van der Waals surface area contributed by atoms with Gasteiger partial charge in [-0.15, -0.1) is 11.3 Å². The van der Waals surface area contributed by atoms with Gasteiger partial charge in [0.1, 0.15) is 0 Å². The number of nitrogens with one attached hydrogen (secondary N) is 3. The minimum Gasteiger partial charge on any atom is -0.326 e. The highest BCUT2D eigenvalue weighted by molar-refractivity contribution is 8.01. The summed E-state index contributed by atoms with van der Waals surface area (Å²) in [5.41, 5.74) is 2.34. The Bertz CT molecular complexity index is 1450. The number of anilines is 3. The number of thioether (sulfide) groups is 1. The van der Waals surface area contributed by atoms with E-state index in [1.165, 1.54) is 42.2 Å². The lowest BCUT2D eigenvalue weighted by Gasteiger charge is -2.06. The molecule has 0 fully saturated rings. The van der Waals surface area contributed by atoms with Crippen molar-refractivity contribution in [3.63, 3.8) is 0 Å². The Balaban J connectivity index is 1.25. The van der Waals surface area contributed by atoms with Crippen molar-refractivity contribution in [1.29, 1.82) is 0 Å². The Labute approximate surface area is 216 Å². The fraction of sp³-hybridized carbons (Fsp3) is 0.136. The number of amides is 3. The van der Waals surface area contributed by atoms with Crippen LogP contribution in [0.4, 0.5) is 22.2 Å². The molecule has 36 heavy (non-hydrogen) atoms. The number of nitro benzene ring substituents is 1. The zero-order valence-electron chi connectivity index (χ0n) is 18.6. The first-order valence-electron chi connectivity index (χ1n) is 10.3. The van der Waals surface area contributed by atoms with Crippen LogP contribution in [0.5, 0.6) is 0 Å². The van der Waals surface area contributed by atoms with Gasteiger partial charge in [0.2, 0.25) is 17.7 Å². The maximum Gasteiger partial charge on any atom is 0.270 e. The van der Waals surface area contributed by atoms with Crippen molar-refractivity contribution >= 4 is 84.6 Å². The number of thiazole rings is 2. The fourth-order valence-corrected chi connectivity index (χ4v) is 5.57. The second-order valence-corrected chi connectivity index (χ2v) is 10.5. The highest BCUT2D eigenvalue weighted by Crippen LogP contribution is 2.29. The molecule has 0 bridgehead atoms. The predicted octanol–water partition coefficient (Wildman–Crippen LogP) is 4.53.